The van der Waals surface area contributed by atoms with Crippen LogP contribution >= 0.6 is 0 Å². The van der Waals surface area contributed by atoms with Crippen molar-refractivity contribution in [3.63, 3.8) is 0 Å². The third-order valence-corrected chi connectivity index (χ3v) is 3.95. The van der Waals surface area contributed by atoms with Crippen molar-refractivity contribution < 1.29 is 4.74 Å². The van der Waals surface area contributed by atoms with E-state index in [1.54, 1.807) is 0 Å². The highest BCUT2D eigenvalue weighted by atomic mass is 16.5. The van der Waals surface area contributed by atoms with Gasteiger partial charge in [-0.15, -0.1) is 0 Å². The average Bonchev–Trinajstić information content (AvgIpc) is 3.23. The largest absolute Gasteiger partial charge is 0.490 e. The number of rotatable bonds is 5. The van der Waals surface area contributed by atoms with Crippen molar-refractivity contribution in [1.29, 1.82) is 0 Å². The smallest absolute Gasteiger partial charge is 0.119 e. The summed E-state index contributed by atoms with van der Waals surface area (Å²) in [6.07, 6.45) is 9.64. The molecule has 2 fully saturated rings. The minimum absolute atomic E-state index is 0.453. The zero-order valence-electron chi connectivity index (χ0n) is 11.0. The van der Waals surface area contributed by atoms with Gasteiger partial charge >= 0.3 is 0 Å². The lowest BCUT2D eigenvalue weighted by molar-refractivity contribution is 0.155. The number of hydrogen-bond acceptors (Lipinski definition) is 2. The van der Waals surface area contributed by atoms with E-state index in [0.29, 0.717) is 6.10 Å². The highest BCUT2D eigenvalue weighted by molar-refractivity contribution is 5.27. The van der Waals surface area contributed by atoms with Crippen LogP contribution < -0.4 is 10.1 Å². The van der Waals surface area contributed by atoms with Crippen molar-refractivity contribution >= 4 is 0 Å². The summed E-state index contributed by atoms with van der Waals surface area (Å²) in [5.74, 6) is 1.04. The lowest BCUT2D eigenvalue weighted by atomic mass is 9.98. The Labute approximate surface area is 110 Å². The Morgan fingerprint density at radius 2 is 1.67 bits per heavy atom. The van der Waals surface area contributed by atoms with Gasteiger partial charge in [-0.1, -0.05) is 18.6 Å². The highest BCUT2D eigenvalue weighted by Crippen LogP contribution is 2.24. The van der Waals surface area contributed by atoms with Crippen LogP contribution in [0.4, 0.5) is 0 Å². The Morgan fingerprint density at radius 3 is 2.33 bits per heavy atom. The first-order valence-corrected chi connectivity index (χ1v) is 7.39. The molecule has 2 aliphatic rings. The van der Waals surface area contributed by atoms with Crippen molar-refractivity contribution in [2.24, 2.45) is 0 Å². The Balaban J connectivity index is 1.49. The van der Waals surface area contributed by atoms with E-state index < -0.39 is 0 Å². The first-order valence-electron chi connectivity index (χ1n) is 7.39. The van der Waals surface area contributed by atoms with Gasteiger partial charge in [-0.25, -0.2) is 0 Å². The quantitative estimate of drug-likeness (QED) is 0.855. The van der Waals surface area contributed by atoms with E-state index in [1.807, 2.05) is 0 Å². The Hall–Kier alpha value is -1.02. The summed E-state index contributed by atoms with van der Waals surface area (Å²) in [4.78, 5) is 0. The van der Waals surface area contributed by atoms with Gasteiger partial charge in [0.15, 0.2) is 0 Å². The van der Waals surface area contributed by atoms with Crippen molar-refractivity contribution in [2.45, 2.75) is 63.6 Å². The molecule has 0 atom stereocenters. The van der Waals surface area contributed by atoms with Crippen molar-refractivity contribution in [2.75, 3.05) is 0 Å². The molecule has 1 aromatic rings. The first kappa shape index (κ1) is 12.0. The number of hydrogen-bond donors (Lipinski definition) is 1. The molecule has 0 amide bonds. The van der Waals surface area contributed by atoms with Crippen LogP contribution in [0.1, 0.15) is 50.5 Å². The van der Waals surface area contributed by atoms with Gasteiger partial charge in [-0.2, -0.15) is 0 Å². The fourth-order valence-corrected chi connectivity index (χ4v) is 2.61. The summed E-state index contributed by atoms with van der Waals surface area (Å²) in [5, 5.41) is 3.53. The third kappa shape index (κ3) is 3.49. The van der Waals surface area contributed by atoms with E-state index in [4.69, 9.17) is 4.74 Å². The Morgan fingerprint density at radius 1 is 0.944 bits per heavy atom. The van der Waals surface area contributed by atoms with Gasteiger partial charge in [0.05, 0.1) is 6.10 Å². The molecule has 2 heteroatoms. The number of nitrogens with one attached hydrogen (secondary N) is 1. The Kier molecular flexibility index (Phi) is 3.84. The highest BCUT2D eigenvalue weighted by Gasteiger charge is 2.20. The van der Waals surface area contributed by atoms with Crippen LogP contribution in [0, 0.1) is 0 Å². The van der Waals surface area contributed by atoms with Crippen LogP contribution in [-0.4, -0.2) is 12.1 Å². The zero-order valence-corrected chi connectivity index (χ0v) is 11.0. The second-order valence-corrected chi connectivity index (χ2v) is 5.68. The van der Waals surface area contributed by atoms with Gasteiger partial charge in [0.25, 0.3) is 0 Å². The molecule has 0 aromatic heterocycles. The first-order chi connectivity index (χ1) is 8.90. The molecule has 0 bridgehead atoms. The van der Waals surface area contributed by atoms with E-state index >= 15 is 0 Å². The topological polar surface area (TPSA) is 21.3 Å². The molecule has 2 nitrogen and oxygen atoms in total. The summed E-state index contributed by atoms with van der Waals surface area (Å²) >= 11 is 0. The molecule has 98 valence electrons. The molecule has 0 saturated heterocycles. The summed E-state index contributed by atoms with van der Waals surface area (Å²) < 4.78 is 6.03. The van der Waals surface area contributed by atoms with E-state index in [1.165, 1.54) is 50.5 Å². The zero-order chi connectivity index (χ0) is 12.2. The third-order valence-electron chi connectivity index (χ3n) is 3.95. The molecule has 2 saturated carbocycles. The molecule has 1 N–H and O–H groups in total. The lowest BCUT2D eigenvalue weighted by Gasteiger charge is -2.23. The van der Waals surface area contributed by atoms with Gasteiger partial charge in [0.1, 0.15) is 5.75 Å². The lowest BCUT2D eigenvalue weighted by Crippen LogP contribution is -2.19. The van der Waals surface area contributed by atoms with Gasteiger partial charge in [0.2, 0.25) is 0 Å². The summed E-state index contributed by atoms with van der Waals surface area (Å²) in [7, 11) is 0. The van der Waals surface area contributed by atoms with Crippen LogP contribution in [0.3, 0.4) is 0 Å². The molecular weight excluding hydrogens is 222 g/mol. The molecule has 3 rings (SSSR count). The summed E-state index contributed by atoms with van der Waals surface area (Å²) in [5.41, 5.74) is 1.36. The molecule has 0 radical (unpaired) electrons. The monoisotopic (exact) mass is 245 g/mol. The average molecular weight is 245 g/mol. The van der Waals surface area contributed by atoms with Crippen LogP contribution in [0.5, 0.6) is 5.75 Å². The maximum Gasteiger partial charge on any atom is 0.119 e. The van der Waals surface area contributed by atoms with Gasteiger partial charge in [0, 0.05) is 12.6 Å². The molecule has 0 unspecified atom stereocenters. The summed E-state index contributed by atoms with van der Waals surface area (Å²) in [6, 6.07) is 9.40. The van der Waals surface area contributed by atoms with Crippen LogP contribution in [0.15, 0.2) is 24.3 Å². The minimum atomic E-state index is 0.453. The normalized spacial score (nSPS) is 20.9. The molecular formula is C16H23NO. The van der Waals surface area contributed by atoms with Crippen LogP contribution in [0.2, 0.25) is 0 Å². The predicted octanol–water partition coefficient (Wildman–Crippen LogP) is 3.65. The van der Waals surface area contributed by atoms with Crippen molar-refractivity contribution in [3.8, 4) is 5.75 Å². The molecule has 0 spiro atoms. The van der Waals surface area contributed by atoms with Gasteiger partial charge < -0.3 is 10.1 Å². The SMILES string of the molecule is c1cc(OC2CCCCC2)ccc1CNC1CC1. The van der Waals surface area contributed by atoms with Crippen molar-refractivity contribution in [1.82, 2.24) is 5.32 Å². The standard InChI is InChI=1S/C16H23NO/c1-2-4-15(5-3-1)18-16-10-6-13(7-11-16)12-17-14-8-9-14/h6-7,10-11,14-15,17H,1-5,8-9,12H2. The van der Waals surface area contributed by atoms with Crippen LogP contribution in [0.25, 0.3) is 0 Å². The summed E-state index contributed by atoms with van der Waals surface area (Å²) in [6.45, 7) is 0.994. The van der Waals surface area contributed by atoms with Gasteiger partial charge in [-0.05, 0) is 56.2 Å². The molecule has 2 aliphatic carbocycles. The second kappa shape index (κ2) is 5.75. The van der Waals surface area contributed by atoms with E-state index in [-0.39, 0.29) is 0 Å². The molecule has 0 heterocycles. The van der Waals surface area contributed by atoms with Crippen LogP contribution in [-0.2, 0) is 6.54 Å². The second-order valence-electron chi connectivity index (χ2n) is 5.68. The number of ether oxygens (including phenoxy) is 1. The van der Waals surface area contributed by atoms with Crippen molar-refractivity contribution in [3.05, 3.63) is 29.8 Å². The molecule has 1 aromatic carbocycles. The fraction of sp³-hybridized carbons (Fsp3) is 0.625. The van der Waals surface area contributed by atoms with E-state index in [2.05, 4.69) is 29.6 Å². The number of benzene rings is 1. The van der Waals surface area contributed by atoms with Gasteiger partial charge in [-0.3, -0.25) is 0 Å². The minimum Gasteiger partial charge on any atom is -0.490 e. The van der Waals surface area contributed by atoms with E-state index in [0.717, 1.165) is 18.3 Å². The predicted molar refractivity (Wildman–Crippen MR) is 73.8 cm³/mol. The maximum atomic E-state index is 6.03. The Bertz CT molecular complexity index is 363. The maximum absolute atomic E-state index is 6.03. The molecule has 18 heavy (non-hydrogen) atoms. The van der Waals surface area contributed by atoms with E-state index in [9.17, 15) is 0 Å². The molecule has 0 aliphatic heterocycles. The fourth-order valence-electron chi connectivity index (χ4n) is 2.61.